The summed E-state index contributed by atoms with van der Waals surface area (Å²) < 4.78 is 0. The van der Waals surface area contributed by atoms with E-state index in [1.54, 1.807) is 11.1 Å². The van der Waals surface area contributed by atoms with Crippen LogP contribution in [-0.2, 0) is 12.8 Å². The number of hydrogen-bond acceptors (Lipinski definition) is 1. The Kier molecular flexibility index (Phi) is 3.62. The molecule has 1 heteroatoms. The van der Waals surface area contributed by atoms with E-state index in [0.29, 0.717) is 0 Å². The fraction of sp³-hybridized carbons (Fsp3) is 0.579. The maximum atomic E-state index is 3.43. The van der Waals surface area contributed by atoms with Gasteiger partial charge in [0, 0.05) is 12.7 Å². The Bertz CT molecular complexity index is 549. The predicted molar refractivity (Wildman–Crippen MR) is 87.1 cm³/mol. The summed E-state index contributed by atoms with van der Waals surface area (Å²) in [7, 11) is 2.07. The molecule has 0 radical (unpaired) electrons. The highest BCUT2D eigenvalue weighted by atomic mass is 14.8. The summed E-state index contributed by atoms with van der Waals surface area (Å²) in [5.74, 6) is 1.52. The molecule has 1 atom stereocenters. The quantitative estimate of drug-likeness (QED) is 0.844. The maximum absolute atomic E-state index is 3.43. The van der Waals surface area contributed by atoms with Crippen molar-refractivity contribution in [1.82, 2.24) is 5.32 Å². The summed E-state index contributed by atoms with van der Waals surface area (Å²) in [5, 5.41) is 3.43. The molecule has 1 nitrogen and oxygen atoms in total. The molecule has 20 heavy (non-hydrogen) atoms. The number of benzene rings is 1. The monoisotopic (exact) mass is 269 g/mol. The largest absolute Gasteiger partial charge is 0.391 e. The fourth-order valence-electron chi connectivity index (χ4n) is 3.84. The third-order valence-corrected chi connectivity index (χ3v) is 5.17. The second-order valence-corrected chi connectivity index (χ2v) is 6.56. The number of rotatable bonds is 4. The highest BCUT2D eigenvalue weighted by Gasteiger charge is 2.27. The molecular formula is C19H27N. The first-order valence-corrected chi connectivity index (χ1v) is 8.20. The molecule has 2 aliphatic rings. The third kappa shape index (κ3) is 2.28. The van der Waals surface area contributed by atoms with Crippen LogP contribution in [0.25, 0.3) is 6.08 Å². The molecule has 0 amide bonds. The smallest absolute Gasteiger partial charge is 0.0142 e. The lowest BCUT2D eigenvalue weighted by Gasteiger charge is -2.17. The van der Waals surface area contributed by atoms with Crippen LogP contribution >= 0.6 is 0 Å². The molecular weight excluding hydrogens is 242 g/mol. The Hall–Kier alpha value is -1.24. The van der Waals surface area contributed by atoms with E-state index in [1.807, 2.05) is 0 Å². The molecule has 1 saturated carbocycles. The predicted octanol–water partition coefficient (Wildman–Crippen LogP) is 4.58. The first-order chi connectivity index (χ1) is 9.65. The molecule has 0 saturated heterocycles. The van der Waals surface area contributed by atoms with Crippen molar-refractivity contribution < 1.29 is 0 Å². The van der Waals surface area contributed by atoms with Gasteiger partial charge in [0.15, 0.2) is 0 Å². The molecule has 1 aromatic carbocycles. The van der Waals surface area contributed by atoms with Gasteiger partial charge in [-0.2, -0.15) is 0 Å². The highest BCUT2D eigenvalue weighted by molar-refractivity contribution is 5.65. The summed E-state index contributed by atoms with van der Waals surface area (Å²) in [6.45, 7) is 7.01. The van der Waals surface area contributed by atoms with Crippen molar-refractivity contribution in [3.05, 3.63) is 39.6 Å². The molecule has 2 aliphatic carbocycles. The van der Waals surface area contributed by atoms with Crippen molar-refractivity contribution in [3.8, 4) is 0 Å². The van der Waals surface area contributed by atoms with E-state index in [2.05, 4.69) is 45.3 Å². The van der Waals surface area contributed by atoms with Crippen molar-refractivity contribution in [3.63, 3.8) is 0 Å². The molecule has 0 bridgehead atoms. The van der Waals surface area contributed by atoms with Crippen molar-refractivity contribution in [1.29, 1.82) is 0 Å². The molecule has 0 aromatic heterocycles. The van der Waals surface area contributed by atoms with Gasteiger partial charge in [-0.3, -0.25) is 0 Å². The van der Waals surface area contributed by atoms with Gasteiger partial charge in [0.1, 0.15) is 0 Å². The second-order valence-electron chi connectivity index (χ2n) is 6.56. The number of nitrogens with one attached hydrogen (secondary N) is 1. The van der Waals surface area contributed by atoms with Gasteiger partial charge < -0.3 is 5.32 Å². The minimum Gasteiger partial charge on any atom is -0.391 e. The van der Waals surface area contributed by atoms with Gasteiger partial charge in [-0.1, -0.05) is 19.9 Å². The average molecular weight is 269 g/mol. The first kappa shape index (κ1) is 13.7. The average Bonchev–Trinajstić information content (AvgIpc) is 3.21. The molecule has 108 valence electrons. The van der Waals surface area contributed by atoms with Gasteiger partial charge in [0.2, 0.25) is 0 Å². The Morgan fingerprint density at radius 1 is 1.35 bits per heavy atom. The number of fused-ring (bicyclic) bond motifs is 1. The summed E-state index contributed by atoms with van der Waals surface area (Å²) in [5.41, 5.74) is 9.26. The van der Waals surface area contributed by atoms with Crippen molar-refractivity contribution in [2.75, 3.05) is 7.05 Å². The molecule has 0 heterocycles. The van der Waals surface area contributed by atoms with Gasteiger partial charge in [-0.15, -0.1) is 0 Å². The summed E-state index contributed by atoms with van der Waals surface area (Å²) in [4.78, 5) is 0. The minimum atomic E-state index is 0.738. The molecule has 0 spiro atoms. The summed E-state index contributed by atoms with van der Waals surface area (Å²) in [6, 6.07) is 2.48. The van der Waals surface area contributed by atoms with E-state index in [1.165, 1.54) is 48.1 Å². The molecule has 0 aliphatic heterocycles. The van der Waals surface area contributed by atoms with Crippen LogP contribution < -0.4 is 5.32 Å². The van der Waals surface area contributed by atoms with E-state index in [-0.39, 0.29) is 0 Å². The fourth-order valence-corrected chi connectivity index (χ4v) is 3.84. The molecule has 3 rings (SSSR count). The van der Waals surface area contributed by atoms with Crippen LogP contribution in [0.4, 0.5) is 0 Å². The van der Waals surface area contributed by atoms with Gasteiger partial charge in [-0.05, 0) is 84.8 Å². The Morgan fingerprint density at radius 3 is 2.70 bits per heavy atom. The van der Waals surface area contributed by atoms with Gasteiger partial charge >= 0.3 is 0 Å². The van der Waals surface area contributed by atoms with Crippen LogP contribution in [-0.4, -0.2) is 7.05 Å². The van der Waals surface area contributed by atoms with Crippen LogP contribution in [0.5, 0.6) is 0 Å². The SMILES string of the molecule is CCc1cc2c(c(C)c1/C=C(\NC)C1CC1)C(C)CC2. The normalized spacial score (nSPS) is 22.0. The van der Waals surface area contributed by atoms with Crippen molar-refractivity contribution in [2.45, 2.75) is 58.8 Å². The van der Waals surface area contributed by atoms with Crippen LogP contribution in [0.2, 0.25) is 0 Å². The van der Waals surface area contributed by atoms with Crippen LogP contribution in [0.3, 0.4) is 0 Å². The standard InChI is InChI=1S/C19H27N/c1-5-14-10-16-7-6-12(2)19(16)13(3)17(14)11-18(20-4)15-8-9-15/h10-12,15,20H,5-9H2,1-4H3/b18-11-. The van der Waals surface area contributed by atoms with E-state index in [9.17, 15) is 0 Å². The topological polar surface area (TPSA) is 12.0 Å². The minimum absolute atomic E-state index is 0.738. The van der Waals surface area contributed by atoms with E-state index in [4.69, 9.17) is 0 Å². The summed E-state index contributed by atoms with van der Waals surface area (Å²) in [6.07, 6.45) is 8.89. The van der Waals surface area contributed by atoms with Gasteiger partial charge in [0.25, 0.3) is 0 Å². The van der Waals surface area contributed by atoms with Crippen LogP contribution in [0, 0.1) is 12.8 Å². The van der Waals surface area contributed by atoms with E-state index >= 15 is 0 Å². The molecule has 1 aromatic rings. The zero-order valence-corrected chi connectivity index (χ0v) is 13.3. The van der Waals surface area contributed by atoms with Crippen molar-refractivity contribution in [2.24, 2.45) is 5.92 Å². The first-order valence-electron chi connectivity index (χ1n) is 8.20. The van der Waals surface area contributed by atoms with Crippen LogP contribution in [0.1, 0.15) is 66.8 Å². The second kappa shape index (κ2) is 5.27. The molecule has 1 fully saturated rings. The van der Waals surface area contributed by atoms with Gasteiger partial charge in [0.05, 0.1) is 0 Å². The highest BCUT2D eigenvalue weighted by Crippen LogP contribution is 2.40. The third-order valence-electron chi connectivity index (χ3n) is 5.17. The lowest BCUT2D eigenvalue weighted by molar-refractivity contribution is 0.744. The number of allylic oxidation sites excluding steroid dienone is 1. The Balaban J connectivity index is 2.11. The zero-order valence-electron chi connectivity index (χ0n) is 13.3. The van der Waals surface area contributed by atoms with Crippen molar-refractivity contribution >= 4 is 6.08 Å². The van der Waals surface area contributed by atoms with Gasteiger partial charge in [-0.25, -0.2) is 0 Å². The summed E-state index contributed by atoms with van der Waals surface area (Å²) >= 11 is 0. The number of hydrogen-bond donors (Lipinski definition) is 1. The Morgan fingerprint density at radius 2 is 2.10 bits per heavy atom. The lowest BCUT2D eigenvalue weighted by atomic mass is 9.89. The Labute approximate surface area is 123 Å². The van der Waals surface area contributed by atoms with Crippen LogP contribution in [0.15, 0.2) is 11.8 Å². The molecule has 1 N–H and O–H groups in total. The number of aryl methyl sites for hydroxylation is 2. The zero-order chi connectivity index (χ0) is 14.3. The lowest BCUT2D eigenvalue weighted by Crippen LogP contribution is -2.08. The molecule has 1 unspecified atom stereocenters. The maximum Gasteiger partial charge on any atom is 0.0142 e. The van der Waals surface area contributed by atoms with E-state index in [0.717, 1.165) is 18.3 Å². The van der Waals surface area contributed by atoms with E-state index < -0.39 is 0 Å².